The Morgan fingerprint density at radius 1 is 1.52 bits per heavy atom. The number of nitrogens with one attached hydrogen (secondary N) is 1. The molecule has 1 saturated heterocycles. The molecule has 2 N–H and O–H groups in total. The summed E-state index contributed by atoms with van der Waals surface area (Å²) < 4.78 is 27.3. The van der Waals surface area contributed by atoms with Crippen molar-refractivity contribution >= 4 is 15.9 Å². The molecule has 1 unspecified atom stereocenters. The average Bonchev–Trinajstić information content (AvgIpc) is 3.06. The fourth-order valence-electron chi connectivity index (χ4n) is 2.61. The molecule has 1 fully saturated rings. The third-order valence-electron chi connectivity index (χ3n) is 3.89. The van der Waals surface area contributed by atoms with Crippen LogP contribution >= 0.6 is 0 Å². The van der Waals surface area contributed by atoms with E-state index < -0.39 is 10.0 Å². The minimum Gasteiger partial charge on any atom is -0.396 e. The molecule has 21 heavy (non-hydrogen) atoms. The number of amides is 1. The minimum absolute atomic E-state index is 0.0851. The second-order valence-electron chi connectivity index (χ2n) is 5.30. The highest BCUT2D eigenvalue weighted by Crippen LogP contribution is 2.22. The van der Waals surface area contributed by atoms with Crippen LogP contribution in [0.1, 0.15) is 23.3 Å². The highest BCUT2D eigenvalue weighted by atomic mass is 32.2. The number of carbonyl (C=O) groups excluding carboxylic acids is 1. The molecule has 1 aliphatic rings. The monoisotopic (exact) mass is 315 g/mol. The van der Waals surface area contributed by atoms with Crippen molar-refractivity contribution < 1.29 is 18.3 Å². The summed E-state index contributed by atoms with van der Waals surface area (Å²) in [7, 11) is -0.558. The van der Waals surface area contributed by atoms with E-state index in [0.29, 0.717) is 31.1 Å². The molecular weight excluding hydrogens is 294 g/mol. The zero-order chi connectivity index (χ0) is 15.6. The van der Waals surface area contributed by atoms with Gasteiger partial charge in [-0.2, -0.15) is 0 Å². The molecule has 1 atom stereocenters. The van der Waals surface area contributed by atoms with Crippen molar-refractivity contribution in [2.24, 2.45) is 13.0 Å². The summed E-state index contributed by atoms with van der Waals surface area (Å²) in [5, 5.41) is 8.95. The largest absolute Gasteiger partial charge is 0.396 e. The molecule has 0 saturated carbocycles. The van der Waals surface area contributed by atoms with Gasteiger partial charge in [0.05, 0.1) is 0 Å². The number of carbonyl (C=O) groups is 1. The first kappa shape index (κ1) is 16.0. The SMILES string of the molecule is CNS(=O)(=O)c1cc(C(=O)N2CCC(CCO)C2)n(C)c1. The number of aliphatic hydroxyl groups is 1. The highest BCUT2D eigenvalue weighted by Gasteiger charge is 2.29. The molecule has 0 radical (unpaired) electrons. The smallest absolute Gasteiger partial charge is 0.270 e. The number of nitrogens with zero attached hydrogens (tertiary/aromatic N) is 2. The average molecular weight is 315 g/mol. The lowest BCUT2D eigenvalue weighted by molar-refractivity contribution is 0.0775. The Labute approximate surface area is 124 Å². The first-order valence-electron chi connectivity index (χ1n) is 6.89. The first-order chi connectivity index (χ1) is 9.89. The number of sulfonamides is 1. The lowest BCUT2D eigenvalue weighted by Crippen LogP contribution is -2.30. The number of hydrogen-bond donors (Lipinski definition) is 2. The summed E-state index contributed by atoms with van der Waals surface area (Å²) in [5.41, 5.74) is 0.355. The third-order valence-corrected chi connectivity index (χ3v) is 5.27. The number of aryl methyl sites for hydroxylation is 1. The Morgan fingerprint density at radius 3 is 2.86 bits per heavy atom. The van der Waals surface area contributed by atoms with E-state index in [2.05, 4.69) is 4.72 Å². The van der Waals surface area contributed by atoms with E-state index >= 15 is 0 Å². The van der Waals surface area contributed by atoms with Crippen LogP contribution < -0.4 is 4.72 Å². The number of hydrogen-bond acceptors (Lipinski definition) is 4. The maximum Gasteiger partial charge on any atom is 0.270 e. The molecule has 1 aromatic heterocycles. The second kappa shape index (κ2) is 6.17. The maximum atomic E-state index is 12.5. The Kier molecular flexibility index (Phi) is 4.70. The zero-order valence-electron chi connectivity index (χ0n) is 12.2. The van der Waals surface area contributed by atoms with Crippen LogP contribution in [0.15, 0.2) is 17.2 Å². The van der Waals surface area contributed by atoms with Gasteiger partial charge in [-0.3, -0.25) is 4.79 Å². The van der Waals surface area contributed by atoms with E-state index in [1.165, 1.54) is 23.9 Å². The van der Waals surface area contributed by atoms with Crippen molar-refractivity contribution in [2.45, 2.75) is 17.7 Å². The van der Waals surface area contributed by atoms with Gasteiger partial charge in [-0.05, 0) is 31.9 Å². The van der Waals surface area contributed by atoms with Gasteiger partial charge in [0.1, 0.15) is 10.6 Å². The molecule has 1 amide bonds. The molecule has 8 heteroatoms. The van der Waals surface area contributed by atoms with E-state index in [-0.39, 0.29) is 17.4 Å². The van der Waals surface area contributed by atoms with Gasteiger partial charge >= 0.3 is 0 Å². The maximum absolute atomic E-state index is 12.5. The van der Waals surface area contributed by atoms with E-state index in [1.54, 1.807) is 11.9 Å². The lowest BCUT2D eigenvalue weighted by atomic mass is 10.1. The van der Waals surface area contributed by atoms with Gasteiger partial charge in [0, 0.05) is 32.9 Å². The number of rotatable bonds is 5. The molecule has 0 spiro atoms. The van der Waals surface area contributed by atoms with E-state index in [9.17, 15) is 13.2 Å². The quantitative estimate of drug-likeness (QED) is 0.786. The highest BCUT2D eigenvalue weighted by molar-refractivity contribution is 7.89. The van der Waals surface area contributed by atoms with Gasteiger partial charge in [-0.15, -0.1) is 0 Å². The Balaban J connectivity index is 2.18. The zero-order valence-corrected chi connectivity index (χ0v) is 13.1. The Hall–Kier alpha value is -1.38. The summed E-state index contributed by atoms with van der Waals surface area (Å²) in [6.45, 7) is 1.38. The molecule has 7 nitrogen and oxygen atoms in total. The fraction of sp³-hybridized carbons (Fsp3) is 0.615. The van der Waals surface area contributed by atoms with Crippen LogP contribution in [-0.4, -0.2) is 55.6 Å². The van der Waals surface area contributed by atoms with Crippen molar-refractivity contribution in [3.63, 3.8) is 0 Å². The summed E-state index contributed by atoms with van der Waals surface area (Å²) in [5.74, 6) is 0.148. The summed E-state index contributed by atoms with van der Waals surface area (Å²) >= 11 is 0. The van der Waals surface area contributed by atoms with Crippen LogP contribution in [0, 0.1) is 5.92 Å². The second-order valence-corrected chi connectivity index (χ2v) is 7.18. The molecule has 0 aliphatic carbocycles. The van der Waals surface area contributed by atoms with Crippen molar-refractivity contribution in [1.29, 1.82) is 0 Å². The van der Waals surface area contributed by atoms with Crippen LogP contribution in [0.3, 0.4) is 0 Å². The van der Waals surface area contributed by atoms with Gasteiger partial charge in [0.15, 0.2) is 0 Å². The van der Waals surface area contributed by atoms with Gasteiger partial charge in [0.2, 0.25) is 10.0 Å². The van der Waals surface area contributed by atoms with Gasteiger partial charge in [-0.1, -0.05) is 0 Å². The number of aromatic nitrogens is 1. The predicted molar refractivity (Wildman–Crippen MR) is 77.4 cm³/mol. The van der Waals surface area contributed by atoms with E-state index in [0.717, 1.165) is 6.42 Å². The van der Waals surface area contributed by atoms with Crippen molar-refractivity contribution in [3.8, 4) is 0 Å². The van der Waals surface area contributed by atoms with Gasteiger partial charge < -0.3 is 14.6 Å². The Bertz CT molecular complexity index is 623. The van der Waals surface area contributed by atoms with Crippen LogP contribution in [0.4, 0.5) is 0 Å². The third kappa shape index (κ3) is 3.28. The summed E-state index contributed by atoms with van der Waals surface area (Å²) in [6.07, 6.45) is 3.00. The molecule has 118 valence electrons. The molecule has 2 heterocycles. The number of likely N-dealkylation sites (tertiary alicyclic amines) is 1. The molecule has 1 aliphatic heterocycles. The standard InChI is InChI=1S/C13H21N3O4S/c1-14-21(19,20)11-7-12(15(2)9-11)13(18)16-5-3-10(8-16)4-6-17/h7,9-10,14,17H,3-6,8H2,1-2H3. The minimum atomic E-state index is -3.55. The van der Waals surface area contributed by atoms with Gasteiger partial charge in [0.25, 0.3) is 5.91 Å². The lowest BCUT2D eigenvalue weighted by Gasteiger charge is -2.16. The van der Waals surface area contributed by atoms with Crippen LogP contribution in [0.5, 0.6) is 0 Å². The molecular formula is C13H21N3O4S. The predicted octanol–water partition coefficient (Wildman–Crippen LogP) is -0.222. The molecule has 0 aromatic carbocycles. The number of aliphatic hydroxyl groups excluding tert-OH is 1. The molecule has 1 aromatic rings. The summed E-state index contributed by atoms with van der Waals surface area (Å²) in [6, 6.07) is 1.40. The van der Waals surface area contributed by atoms with Crippen LogP contribution in [-0.2, 0) is 17.1 Å². The Morgan fingerprint density at radius 2 is 2.24 bits per heavy atom. The fourth-order valence-corrected chi connectivity index (χ4v) is 3.41. The van der Waals surface area contributed by atoms with Gasteiger partial charge in [-0.25, -0.2) is 13.1 Å². The van der Waals surface area contributed by atoms with E-state index in [4.69, 9.17) is 5.11 Å². The molecule has 0 bridgehead atoms. The van der Waals surface area contributed by atoms with E-state index in [1.807, 2.05) is 0 Å². The van der Waals surface area contributed by atoms with Crippen molar-refractivity contribution in [3.05, 3.63) is 18.0 Å². The van der Waals surface area contributed by atoms with Crippen LogP contribution in [0.25, 0.3) is 0 Å². The first-order valence-corrected chi connectivity index (χ1v) is 8.37. The molecule has 2 rings (SSSR count). The van der Waals surface area contributed by atoms with Crippen LogP contribution in [0.2, 0.25) is 0 Å². The summed E-state index contributed by atoms with van der Waals surface area (Å²) in [4.78, 5) is 14.3. The topological polar surface area (TPSA) is 91.6 Å². The van der Waals surface area contributed by atoms with Crippen molar-refractivity contribution in [2.75, 3.05) is 26.7 Å². The normalized spacial score (nSPS) is 19.2. The van der Waals surface area contributed by atoms with Crippen molar-refractivity contribution in [1.82, 2.24) is 14.2 Å².